The number of rotatable bonds is 8. The van der Waals surface area contributed by atoms with Crippen LogP contribution in [0.2, 0.25) is 0 Å². The van der Waals surface area contributed by atoms with E-state index in [0.717, 1.165) is 0 Å². The molecule has 1 amide bonds. The quantitative estimate of drug-likeness (QED) is 0.516. The number of para-hydroxylation sites is 1. The Hall–Kier alpha value is -4.01. The van der Waals surface area contributed by atoms with Crippen molar-refractivity contribution in [3.63, 3.8) is 0 Å². The third kappa shape index (κ3) is 5.53. The molecule has 9 heteroatoms. The molecule has 0 aliphatic heterocycles. The fourth-order valence-corrected chi connectivity index (χ4v) is 2.80. The molecule has 0 fully saturated rings. The van der Waals surface area contributed by atoms with Crippen molar-refractivity contribution in [1.29, 1.82) is 0 Å². The van der Waals surface area contributed by atoms with Crippen LogP contribution in [0.25, 0.3) is 5.69 Å². The van der Waals surface area contributed by atoms with Crippen LogP contribution in [0.15, 0.2) is 67.1 Å². The maximum Gasteiger partial charge on any atom is 0.357 e. The first-order valence-corrected chi connectivity index (χ1v) is 9.46. The molecular formula is C22H20FN3O5. The highest BCUT2D eigenvalue weighted by atomic mass is 19.1. The molecule has 0 aliphatic carbocycles. The van der Waals surface area contributed by atoms with Gasteiger partial charge in [-0.3, -0.25) is 19.1 Å². The summed E-state index contributed by atoms with van der Waals surface area (Å²) in [5.41, 5.74) is 1.04. The molecule has 0 bridgehead atoms. The first-order chi connectivity index (χ1) is 15.0. The molecule has 0 saturated heterocycles. The number of nitrogens with zero attached hydrogens (tertiary/aromatic N) is 3. The van der Waals surface area contributed by atoms with Gasteiger partial charge in [-0.2, -0.15) is 0 Å². The largest absolute Gasteiger partial charge is 0.465 e. The molecule has 0 atom stereocenters. The van der Waals surface area contributed by atoms with Crippen LogP contribution in [0.3, 0.4) is 0 Å². The average molecular weight is 425 g/mol. The molecule has 0 radical (unpaired) electrons. The lowest BCUT2D eigenvalue weighted by Gasteiger charge is -2.21. The van der Waals surface area contributed by atoms with Gasteiger partial charge in [0, 0.05) is 11.4 Å². The SMILES string of the molecule is CCOC(=O)CN(C(=O)COC(=O)c1cncn1-c1ccc(F)cc1)c1ccccc1. The van der Waals surface area contributed by atoms with E-state index in [9.17, 15) is 18.8 Å². The van der Waals surface area contributed by atoms with Gasteiger partial charge in [-0.25, -0.2) is 14.2 Å². The van der Waals surface area contributed by atoms with Crippen molar-refractivity contribution in [2.24, 2.45) is 0 Å². The highest BCUT2D eigenvalue weighted by Crippen LogP contribution is 2.15. The molecule has 0 spiro atoms. The topological polar surface area (TPSA) is 90.7 Å². The molecule has 8 nitrogen and oxygen atoms in total. The minimum Gasteiger partial charge on any atom is -0.465 e. The van der Waals surface area contributed by atoms with Crippen molar-refractivity contribution < 1.29 is 28.2 Å². The number of halogens is 1. The van der Waals surface area contributed by atoms with Gasteiger partial charge in [0.05, 0.1) is 19.1 Å². The summed E-state index contributed by atoms with van der Waals surface area (Å²) in [4.78, 5) is 42.3. The van der Waals surface area contributed by atoms with Crippen LogP contribution in [-0.2, 0) is 19.1 Å². The molecule has 3 rings (SSSR count). The number of anilines is 1. The minimum atomic E-state index is -0.792. The first kappa shape index (κ1) is 21.7. The second kappa shape index (κ2) is 10.1. The Bertz CT molecular complexity index is 1050. The molecule has 3 aromatic rings. The second-order valence-corrected chi connectivity index (χ2v) is 6.32. The summed E-state index contributed by atoms with van der Waals surface area (Å²) < 4.78 is 24.7. The summed E-state index contributed by atoms with van der Waals surface area (Å²) in [6.07, 6.45) is 2.66. The van der Waals surface area contributed by atoms with Gasteiger partial charge in [-0.15, -0.1) is 0 Å². The van der Waals surface area contributed by atoms with Gasteiger partial charge in [0.1, 0.15) is 12.4 Å². The van der Waals surface area contributed by atoms with Crippen LogP contribution in [0, 0.1) is 5.82 Å². The minimum absolute atomic E-state index is 0.0658. The van der Waals surface area contributed by atoms with Crippen molar-refractivity contribution in [3.8, 4) is 5.69 Å². The van der Waals surface area contributed by atoms with Gasteiger partial charge in [0.2, 0.25) is 0 Å². The lowest BCUT2D eigenvalue weighted by molar-refractivity contribution is -0.142. The number of carbonyl (C=O) groups excluding carboxylic acids is 3. The summed E-state index contributed by atoms with van der Waals surface area (Å²) in [7, 11) is 0. The summed E-state index contributed by atoms with van der Waals surface area (Å²) in [5, 5.41) is 0. The van der Waals surface area contributed by atoms with E-state index in [4.69, 9.17) is 9.47 Å². The molecule has 0 aliphatic rings. The summed E-state index contributed by atoms with van der Waals surface area (Å²) in [6, 6.07) is 14.0. The van der Waals surface area contributed by atoms with E-state index in [1.54, 1.807) is 37.3 Å². The molecule has 31 heavy (non-hydrogen) atoms. The summed E-state index contributed by atoms with van der Waals surface area (Å²) in [5.74, 6) is -2.39. The van der Waals surface area contributed by atoms with E-state index in [-0.39, 0.29) is 18.8 Å². The predicted octanol–water partition coefficient (Wildman–Crippen LogP) is 2.76. The Morgan fingerprint density at radius 2 is 1.74 bits per heavy atom. The molecule has 2 aromatic carbocycles. The van der Waals surface area contributed by atoms with Gasteiger partial charge >= 0.3 is 11.9 Å². The number of hydrogen-bond donors (Lipinski definition) is 0. The maximum atomic E-state index is 13.2. The Kier molecular flexibility index (Phi) is 7.10. The number of hydrogen-bond acceptors (Lipinski definition) is 6. The smallest absolute Gasteiger partial charge is 0.357 e. The fraction of sp³-hybridized carbons (Fsp3) is 0.182. The van der Waals surface area contributed by atoms with E-state index >= 15 is 0 Å². The van der Waals surface area contributed by atoms with Gasteiger partial charge in [0.15, 0.2) is 12.3 Å². The summed E-state index contributed by atoms with van der Waals surface area (Å²) in [6.45, 7) is 0.931. The number of carbonyl (C=O) groups is 3. The third-order valence-corrected chi connectivity index (χ3v) is 4.24. The van der Waals surface area contributed by atoms with Crippen LogP contribution < -0.4 is 4.90 Å². The maximum absolute atomic E-state index is 13.2. The zero-order chi connectivity index (χ0) is 22.2. The number of amides is 1. The number of aromatic nitrogens is 2. The lowest BCUT2D eigenvalue weighted by atomic mass is 10.3. The summed E-state index contributed by atoms with van der Waals surface area (Å²) >= 11 is 0. The average Bonchev–Trinajstić information content (AvgIpc) is 3.27. The third-order valence-electron chi connectivity index (χ3n) is 4.24. The molecule has 0 unspecified atom stereocenters. The Morgan fingerprint density at radius 1 is 1.03 bits per heavy atom. The number of imidazole rings is 1. The van der Waals surface area contributed by atoms with E-state index in [0.29, 0.717) is 11.4 Å². The standard InChI is InChI=1S/C22H20FN3O5/c1-2-30-21(28)13-25(17-6-4-3-5-7-17)20(27)14-31-22(29)19-12-24-15-26(19)18-10-8-16(23)9-11-18/h3-12,15H,2,13-14H2,1H3. The number of ether oxygens (including phenoxy) is 2. The van der Waals surface area contributed by atoms with Crippen LogP contribution >= 0.6 is 0 Å². The van der Waals surface area contributed by atoms with Crippen molar-refractivity contribution in [2.45, 2.75) is 6.92 Å². The second-order valence-electron chi connectivity index (χ2n) is 6.32. The monoisotopic (exact) mass is 425 g/mol. The highest BCUT2D eigenvalue weighted by Gasteiger charge is 2.23. The van der Waals surface area contributed by atoms with Gasteiger partial charge in [-0.1, -0.05) is 18.2 Å². The molecule has 1 aromatic heterocycles. The van der Waals surface area contributed by atoms with Gasteiger partial charge in [0.25, 0.3) is 5.91 Å². The lowest BCUT2D eigenvalue weighted by Crippen LogP contribution is -2.39. The molecule has 0 saturated carbocycles. The number of benzene rings is 2. The molecule has 1 heterocycles. The van der Waals surface area contributed by atoms with Crippen LogP contribution in [-0.4, -0.2) is 47.2 Å². The van der Waals surface area contributed by atoms with E-state index in [1.165, 1.54) is 46.3 Å². The Labute approximate surface area is 177 Å². The van der Waals surface area contributed by atoms with E-state index < -0.39 is 30.3 Å². The molecule has 160 valence electrons. The zero-order valence-electron chi connectivity index (χ0n) is 16.7. The van der Waals surface area contributed by atoms with E-state index in [1.807, 2.05) is 0 Å². The zero-order valence-corrected chi connectivity index (χ0v) is 16.7. The van der Waals surface area contributed by atoms with Gasteiger partial charge in [-0.05, 0) is 43.3 Å². The van der Waals surface area contributed by atoms with Crippen LogP contribution in [0.1, 0.15) is 17.4 Å². The van der Waals surface area contributed by atoms with Gasteiger partial charge < -0.3 is 9.47 Å². The molecular weight excluding hydrogens is 405 g/mol. The fourth-order valence-electron chi connectivity index (χ4n) is 2.80. The van der Waals surface area contributed by atoms with E-state index in [2.05, 4.69) is 4.98 Å². The highest BCUT2D eigenvalue weighted by molar-refractivity contribution is 6.00. The van der Waals surface area contributed by atoms with Crippen LogP contribution in [0.5, 0.6) is 0 Å². The Morgan fingerprint density at radius 3 is 2.42 bits per heavy atom. The van der Waals surface area contributed by atoms with Crippen molar-refractivity contribution >= 4 is 23.5 Å². The Balaban J connectivity index is 1.71. The van der Waals surface area contributed by atoms with Crippen molar-refractivity contribution in [1.82, 2.24) is 9.55 Å². The predicted molar refractivity (Wildman–Crippen MR) is 109 cm³/mol. The normalized spacial score (nSPS) is 10.4. The van der Waals surface area contributed by atoms with Crippen LogP contribution in [0.4, 0.5) is 10.1 Å². The van der Waals surface area contributed by atoms with Crippen molar-refractivity contribution in [2.75, 3.05) is 24.7 Å². The molecule has 0 N–H and O–H groups in total. The van der Waals surface area contributed by atoms with Crippen molar-refractivity contribution in [3.05, 3.63) is 78.6 Å². The number of esters is 2. The first-order valence-electron chi connectivity index (χ1n) is 9.46.